The van der Waals surface area contributed by atoms with Crippen LogP contribution in [0.3, 0.4) is 0 Å². The van der Waals surface area contributed by atoms with Gasteiger partial charge in [0.25, 0.3) is 0 Å². The van der Waals surface area contributed by atoms with Crippen LogP contribution >= 0.6 is 0 Å². The van der Waals surface area contributed by atoms with E-state index < -0.39 is 18.1 Å². The maximum Gasteiger partial charge on any atom is 0.240 e. The van der Waals surface area contributed by atoms with Crippen LogP contribution in [0.4, 0.5) is 0 Å². The maximum absolute atomic E-state index is 12.8. The van der Waals surface area contributed by atoms with Crippen LogP contribution in [0.25, 0.3) is 0 Å². The van der Waals surface area contributed by atoms with Crippen LogP contribution in [-0.2, 0) is 16.4 Å². The zero-order valence-electron chi connectivity index (χ0n) is 15.9. The minimum atomic E-state index is -3.57. The Kier molecular flexibility index (Phi) is 6.82. The molecule has 3 nitrogen and oxygen atoms in total. The Morgan fingerprint density at radius 1 is 1.00 bits per heavy atom. The van der Waals surface area contributed by atoms with Gasteiger partial charge in [-0.2, -0.15) is 0 Å². The third kappa shape index (κ3) is 6.79. The molecule has 2 rings (SSSR count). The second-order valence-corrected chi connectivity index (χ2v) is 14.0. The highest BCUT2D eigenvalue weighted by Gasteiger charge is 2.20. The number of hydrogen-bond acceptors (Lipinski definition) is 2. The van der Waals surface area contributed by atoms with Crippen molar-refractivity contribution in [2.24, 2.45) is 0 Å². The number of rotatable bonds is 6. The fourth-order valence-electron chi connectivity index (χ4n) is 2.50. The third-order valence-electron chi connectivity index (χ3n) is 3.79. The summed E-state index contributed by atoms with van der Waals surface area (Å²) in [7, 11) is -5.05. The molecule has 0 amide bonds. The minimum absolute atomic E-state index is 0.257. The highest BCUT2D eigenvalue weighted by molar-refractivity contribution is 7.89. The predicted octanol–water partition coefficient (Wildman–Crippen LogP) is 4.16. The molecule has 0 radical (unpaired) electrons. The van der Waals surface area contributed by atoms with E-state index in [4.69, 9.17) is 0 Å². The summed E-state index contributed by atoms with van der Waals surface area (Å²) in [5.74, 6) is 3.21. The zero-order valence-corrected chi connectivity index (χ0v) is 17.7. The molecule has 0 saturated heterocycles. The summed E-state index contributed by atoms with van der Waals surface area (Å²) in [4.78, 5) is 0.291. The molecule has 2 aromatic carbocycles. The Bertz CT molecular complexity index is 874. The van der Waals surface area contributed by atoms with Crippen LogP contribution in [0.5, 0.6) is 0 Å². The average molecular weight is 386 g/mol. The van der Waals surface area contributed by atoms with Gasteiger partial charge in [0.2, 0.25) is 10.0 Å². The lowest BCUT2D eigenvalue weighted by Gasteiger charge is -2.17. The average Bonchev–Trinajstić information content (AvgIpc) is 2.54. The first kappa shape index (κ1) is 20.4. The van der Waals surface area contributed by atoms with Crippen molar-refractivity contribution in [3.63, 3.8) is 0 Å². The van der Waals surface area contributed by atoms with Gasteiger partial charge in [-0.15, -0.1) is 11.5 Å². The van der Waals surface area contributed by atoms with Gasteiger partial charge in [-0.25, -0.2) is 13.1 Å². The van der Waals surface area contributed by atoms with Gasteiger partial charge in [-0.1, -0.05) is 67.7 Å². The summed E-state index contributed by atoms with van der Waals surface area (Å²) >= 11 is 0. The van der Waals surface area contributed by atoms with Crippen molar-refractivity contribution in [1.82, 2.24) is 4.72 Å². The molecule has 2 aromatic rings. The Labute approximate surface area is 158 Å². The van der Waals surface area contributed by atoms with E-state index >= 15 is 0 Å². The molecule has 0 aliphatic rings. The standard InChI is InChI=1S/C21H27NO2SSi/c1-18-12-14-21(15-13-18)25(23,24)22-20(11-8-16-26(2,3)4)17-19-9-6-5-7-10-19/h5-7,9-10,12-15,20,22H,11,17H2,1-4H3/t20-/m0/s1. The van der Waals surface area contributed by atoms with Crippen molar-refractivity contribution >= 4 is 18.1 Å². The molecule has 138 valence electrons. The molecular formula is C21H27NO2SSi. The van der Waals surface area contributed by atoms with E-state index in [1.165, 1.54) is 0 Å². The first-order valence-electron chi connectivity index (χ1n) is 8.79. The molecule has 26 heavy (non-hydrogen) atoms. The molecule has 0 aliphatic heterocycles. The van der Waals surface area contributed by atoms with E-state index in [9.17, 15) is 8.42 Å². The highest BCUT2D eigenvalue weighted by atomic mass is 32.2. The minimum Gasteiger partial charge on any atom is -0.207 e. The van der Waals surface area contributed by atoms with Crippen molar-refractivity contribution in [1.29, 1.82) is 0 Å². The first-order chi connectivity index (χ1) is 12.2. The fraction of sp³-hybridized carbons (Fsp3) is 0.333. The van der Waals surface area contributed by atoms with Crippen molar-refractivity contribution in [3.8, 4) is 11.5 Å². The molecule has 0 unspecified atom stereocenters. The molecule has 0 bridgehead atoms. The van der Waals surface area contributed by atoms with Gasteiger partial charge in [-0.05, 0) is 31.0 Å². The van der Waals surface area contributed by atoms with Gasteiger partial charge >= 0.3 is 0 Å². The molecular weight excluding hydrogens is 358 g/mol. The second kappa shape index (κ2) is 8.68. The van der Waals surface area contributed by atoms with Crippen LogP contribution in [0.15, 0.2) is 59.5 Å². The fourth-order valence-corrected chi connectivity index (χ4v) is 4.37. The van der Waals surface area contributed by atoms with Crippen LogP contribution in [0.2, 0.25) is 19.6 Å². The van der Waals surface area contributed by atoms with E-state index in [2.05, 4.69) is 35.8 Å². The molecule has 1 atom stereocenters. The van der Waals surface area contributed by atoms with Crippen molar-refractivity contribution in [3.05, 3.63) is 65.7 Å². The summed E-state index contributed by atoms with van der Waals surface area (Å²) in [5, 5.41) is 0. The molecule has 1 N–H and O–H groups in total. The lowest BCUT2D eigenvalue weighted by Crippen LogP contribution is -2.36. The zero-order chi connectivity index (χ0) is 19.2. The van der Waals surface area contributed by atoms with Gasteiger partial charge in [0, 0.05) is 12.5 Å². The van der Waals surface area contributed by atoms with E-state index in [-0.39, 0.29) is 6.04 Å². The highest BCUT2D eigenvalue weighted by Crippen LogP contribution is 2.13. The number of hydrogen-bond donors (Lipinski definition) is 1. The summed E-state index contributed by atoms with van der Waals surface area (Å²) in [6, 6.07) is 16.6. The first-order valence-corrected chi connectivity index (χ1v) is 13.8. The number of benzene rings is 2. The number of aryl methyl sites for hydroxylation is 1. The number of nitrogens with one attached hydrogen (secondary N) is 1. The molecule has 0 spiro atoms. The van der Waals surface area contributed by atoms with Gasteiger partial charge < -0.3 is 0 Å². The van der Waals surface area contributed by atoms with Crippen LogP contribution in [-0.4, -0.2) is 22.5 Å². The van der Waals surface area contributed by atoms with Crippen LogP contribution in [0, 0.1) is 18.4 Å². The summed E-state index contributed by atoms with van der Waals surface area (Å²) in [6.45, 7) is 8.49. The summed E-state index contributed by atoms with van der Waals surface area (Å²) in [6.07, 6.45) is 1.12. The Morgan fingerprint density at radius 3 is 2.19 bits per heavy atom. The van der Waals surface area contributed by atoms with Crippen molar-refractivity contribution < 1.29 is 8.42 Å². The summed E-state index contributed by atoms with van der Waals surface area (Å²) in [5.41, 5.74) is 5.45. The molecule has 0 aromatic heterocycles. The van der Waals surface area contributed by atoms with Crippen LogP contribution < -0.4 is 4.72 Å². The van der Waals surface area contributed by atoms with E-state index in [0.29, 0.717) is 17.7 Å². The van der Waals surface area contributed by atoms with Crippen LogP contribution in [0.1, 0.15) is 17.5 Å². The molecule has 0 heterocycles. The topological polar surface area (TPSA) is 46.2 Å². The largest absolute Gasteiger partial charge is 0.240 e. The van der Waals surface area contributed by atoms with E-state index in [1.54, 1.807) is 12.1 Å². The second-order valence-electron chi connectivity index (χ2n) is 7.58. The molecule has 0 aliphatic carbocycles. The van der Waals surface area contributed by atoms with E-state index in [0.717, 1.165) is 11.1 Å². The smallest absolute Gasteiger partial charge is 0.207 e. The molecule has 5 heteroatoms. The van der Waals surface area contributed by atoms with Gasteiger partial charge in [0.05, 0.1) is 4.90 Å². The Balaban J connectivity index is 2.21. The predicted molar refractivity (Wildman–Crippen MR) is 111 cm³/mol. The molecule has 0 saturated carbocycles. The Morgan fingerprint density at radius 2 is 1.62 bits per heavy atom. The van der Waals surface area contributed by atoms with Gasteiger partial charge in [0.1, 0.15) is 8.07 Å². The maximum atomic E-state index is 12.8. The Hall–Kier alpha value is -1.87. The number of sulfonamides is 1. The normalized spacial score (nSPS) is 12.9. The third-order valence-corrected chi connectivity index (χ3v) is 6.25. The monoisotopic (exact) mass is 385 g/mol. The van der Waals surface area contributed by atoms with Gasteiger partial charge in [0.15, 0.2) is 0 Å². The van der Waals surface area contributed by atoms with Crippen molar-refractivity contribution in [2.75, 3.05) is 0 Å². The lowest BCUT2D eigenvalue weighted by molar-refractivity contribution is 0.549. The lowest BCUT2D eigenvalue weighted by atomic mass is 10.0. The SMILES string of the molecule is Cc1ccc(S(=O)(=O)N[C@@H](CC#C[Si](C)(C)C)Cc2ccccc2)cc1. The quantitative estimate of drug-likeness (QED) is 0.600. The summed E-state index contributed by atoms with van der Waals surface area (Å²) < 4.78 is 28.4. The van der Waals surface area contributed by atoms with E-state index in [1.807, 2.05) is 49.4 Å². The molecule has 0 fully saturated rings. The van der Waals surface area contributed by atoms with Crippen molar-refractivity contribution in [2.45, 2.75) is 50.3 Å². The van der Waals surface area contributed by atoms with Gasteiger partial charge in [-0.3, -0.25) is 0 Å².